The van der Waals surface area contributed by atoms with Crippen molar-refractivity contribution in [3.05, 3.63) is 70.1 Å². The van der Waals surface area contributed by atoms with Crippen LogP contribution in [0.15, 0.2) is 58.6 Å². The Kier molecular flexibility index (Phi) is 8.21. The van der Waals surface area contributed by atoms with Crippen molar-refractivity contribution in [3.63, 3.8) is 0 Å². The lowest BCUT2D eigenvalue weighted by Crippen LogP contribution is -2.54. The Hall–Kier alpha value is -3.76. The Morgan fingerprint density at radius 3 is 2.66 bits per heavy atom. The summed E-state index contributed by atoms with van der Waals surface area (Å²) in [6.45, 7) is 0.356. The highest BCUT2D eigenvalue weighted by atomic mass is 19.4. The van der Waals surface area contributed by atoms with Crippen LogP contribution in [-0.4, -0.2) is 54.5 Å². The van der Waals surface area contributed by atoms with E-state index in [4.69, 9.17) is 20.1 Å². The molecule has 0 radical (unpaired) electrons. The minimum absolute atomic E-state index is 0.00190. The van der Waals surface area contributed by atoms with E-state index in [0.29, 0.717) is 29.9 Å². The SMILES string of the molecule is C[C@H]1OC(c2ccc(OCCCO)cc2)=N[C@@]1(Cc1ccccc1N=[N+]=[N-])C(=O)NCC(F)(F)F. The predicted octanol–water partition coefficient (Wildman–Crippen LogP) is 4.21. The van der Waals surface area contributed by atoms with E-state index in [1.807, 2.05) is 5.32 Å². The molecule has 0 fully saturated rings. The number of nitrogens with one attached hydrogen (secondary N) is 1. The second-order valence-electron chi connectivity index (χ2n) is 7.84. The summed E-state index contributed by atoms with van der Waals surface area (Å²) in [6.07, 6.45) is -5.22. The van der Waals surface area contributed by atoms with Gasteiger partial charge >= 0.3 is 6.18 Å². The van der Waals surface area contributed by atoms with Crippen molar-refractivity contribution in [2.24, 2.45) is 10.1 Å². The second-order valence-corrected chi connectivity index (χ2v) is 7.84. The molecule has 1 heterocycles. The van der Waals surface area contributed by atoms with Gasteiger partial charge in [0.2, 0.25) is 5.90 Å². The predicted molar refractivity (Wildman–Crippen MR) is 121 cm³/mol. The Bertz CT molecular complexity index is 1120. The monoisotopic (exact) mass is 491 g/mol. The molecule has 0 unspecified atom stereocenters. The first kappa shape index (κ1) is 25.9. The van der Waals surface area contributed by atoms with Crippen LogP contribution < -0.4 is 10.1 Å². The number of aliphatic imine (C=N–C) groups is 1. The van der Waals surface area contributed by atoms with E-state index in [0.717, 1.165) is 0 Å². The van der Waals surface area contributed by atoms with E-state index in [2.05, 4.69) is 15.0 Å². The number of halogens is 3. The molecule has 2 aromatic carbocycles. The van der Waals surface area contributed by atoms with E-state index >= 15 is 0 Å². The number of nitrogens with zero attached hydrogens (tertiary/aromatic N) is 4. The lowest BCUT2D eigenvalue weighted by atomic mass is 9.85. The van der Waals surface area contributed by atoms with Crippen LogP contribution in [0.4, 0.5) is 18.9 Å². The standard InChI is InChI=1S/C23H24F3N5O4/c1-15-22(21(33)28-14-23(24,25)26,13-17-5-2-3-6-19(17)30-31-27)29-20(35-15)16-7-9-18(10-8-16)34-12-4-11-32/h2-3,5-10,15,32H,4,11-14H2,1H3,(H,28,33)/t15-,22-/m1/s1. The number of aliphatic hydroxyl groups is 1. The molecule has 0 saturated heterocycles. The molecule has 0 aliphatic carbocycles. The molecule has 1 aliphatic heterocycles. The summed E-state index contributed by atoms with van der Waals surface area (Å²) in [5.41, 5.74) is 8.29. The first-order valence-electron chi connectivity index (χ1n) is 10.8. The third-order valence-corrected chi connectivity index (χ3v) is 5.38. The van der Waals surface area contributed by atoms with Crippen LogP contribution in [0.1, 0.15) is 24.5 Å². The Morgan fingerprint density at radius 1 is 1.29 bits per heavy atom. The summed E-state index contributed by atoms with van der Waals surface area (Å²) in [5, 5.41) is 14.4. The maximum atomic E-state index is 13.1. The van der Waals surface area contributed by atoms with Gasteiger partial charge in [-0.25, -0.2) is 4.99 Å². The maximum Gasteiger partial charge on any atom is 0.405 e. The zero-order valence-corrected chi connectivity index (χ0v) is 18.8. The number of aliphatic hydroxyl groups excluding tert-OH is 1. The third-order valence-electron chi connectivity index (χ3n) is 5.38. The van der Waals surface area contributed by atoms with Crippen molar-refractivity contribution in [1.29, 1.82) is 0 Å². The highest BCUT2D eigenvalue weighted by molar-refractivity contribution is 6.01. The third kappa shape index (κ3) is 6.43. The number of azide groups is 1. The van der Waals surface area contributed by atoms with E-state index in [1.54, 1.807) is 49.4 Å². The van der Waals surface area contributed by atoms with Crippen LogP contribution in [0.2, 0.25) is 0 Å². The molecule has 186 valence electrons. The molecule has 0 spiro atoms. The van der Waals surface area contributed by atoms with Crippen molar-refractivity contribution in [3.8, 4) is 5.75 Å². The smallest absolute Gasteiger partial charge is 0.405 e. The number of amides is 1. The first-order chi connectivity index (χ1) is 16.7. The quantitative estimate of drug-likeness (QED) is 0.223. The lowest BCUT2D eigenvalue weighted by molar-refractivity contribution is -0.143. The summed E-state index contributed by atoms with van der Waals surface area (Å²) in [7, 11) is 0. The van der Waals surface area contributed by atoms with Gasteiger partial charge in [0.25, 0.3) is 5.91 Å². The number of carbonyl (C=O) groups is 1. The second kappa shape index (κ2) is 11.1. The topological polar surface area (TPSA) is 129 Å². The summed E-state index contributed by atoms with van der Waals surface area (Å²) in [4.78, 5) is 20.4. The molecule has 9 nitrogen and oxygen atoms in total. The first-order valence-corrected chi connectivity index (χ1v) is 10.8. The van der Waals surface area contributed by atoms with E-state index in [-0.39, 0.29) is 24.6 Å². The van der Waals surface area contributed by atoms with E-state index in [9.17, 15) is 18.0 Å². The van der Waals surface area contributed by atoms with Gasteiger partial charge in [0.1, 0.15) is 18.4 Å². The minimum atomic E-state index is -4.61. The van der Waals surface area contributed by atoms with Gasteiger partial charge in [-0.05, 0) is 42.3 Å². The molecule has 1 aliphatic rings. The fraction of sp³-hybridized carbons (Fsp3) is 0.391. The largest absolute Gasteiger partial charge is 0.494 e. The number of ether oxygens (including phenoxy) is 2. The highest BCUT2D eigenvalue weighted by Gasteiger charge is 2.51. The molecule has 1 amide bonds. The molecule has 2 N–H and O–H groups in total. The number of benzene rings is 2. The molecule has 3 rings (SSSR count). The highest BCUT2D eigenvalue weighted by Crippen LogP contribution is 2.35. The number of hydrogen-bond acceptors (Lipinski definition) is 6. The van der Waals surface area contributed by atoms with Gasteiger partial charge in [0, 0.05) is 35.6 Å². The number of hydrogen-bond donors (Lipinski definition) is 2. The molecule has 0 aromatic heterocycles. The number of carbonyl (C=O) groups excluding carboxylic acids is 1. The van der Waals surface area contributed by atoms with Crippen LogP contribution >= 0.6 is 0 Å². The van der Waals surface area contributed by atoms with Crippen molar-refractivity contribution < 1.29 is 32.5 Å². The minimum Gasteiger partial charge on any atom is -0.494 e. The molecule has 2 atom stereocenters. The van der Waals surface area contributed by atoms with Crippen molar-refractivity contribution in [1.82, 2.24) is 5.32 Å². The Balaban J connectivity index is 1.96. The van der Waals surface area contributed by atoms with Gasteiger partial charge in [0.15, 0.2) is 5.54 Å². The summed E-state index contributed by atoms with van der Waals surface area (Å²) < 4.78 is 49.9. The molecular formula is C23H24F3N5O4. The zero-order valence-electron chi connectivity index (χ0n) is 18.8. The average Bonchev–Trinajstić information content (AvgIpc) is 3.16. The normalized spacial score (nSPS) is 19.3. The average molecular weight is 491 g/mol. The van der Waals surface area contributed by atoms with Gasteiger partial charge in [-0.3, -0.25) is 4.79 Å². The van der Waals surface area contributed by atoms with Gasteiger partial charge in [-0.2, -0.15) is 13.2 Å². The molecule has 2 aromatic rings. The molecule has 0 saturated carbocycles. The van der Waals surface area contributed by atoms with Gasteiger partial charge < -0.3 is 19.9 Å². The van der Waals surface area contributed by atoms with Crippen LogP contribution in [0.25, 0.3) is 10.4 Å². The summed E-state index contributed by atoms with van der Waals surface area (Å²) >= 11 is 0. The molecule has 12 heteroatoms. The van der Waals surface area contributed by atoms with Gasteiger partial charge in [-0.1, -0.05) is 29.4 Å². The van der Waals surface area contributed by atoms with Crippen LogP contribution in [0.5, 0.6) is 5.75 Å². The van der Waals surface area contributed by atoms with Crippen LogP contribution in [0.3, 0.4) is 0 Å². The fourth-order valence-electron chi connectivity index (χ4n) is 3.57. The number of alkyl halides is 3. The van der Waals surface area contributed by atoms with Crippen molar-refractivity contribution in [2.45, 2.75) is 37.6 Å². The Labute approximate surface area is 199 Å². The fourth-order valence-corrected chi connectivity index (χ4v) is 3.57. The van der Waals surface area contributed by atoms with Crippen LogP contribution in [0, 0.1) is 0 Å². The maximum absolute atomic E-state index is 13.1. The Morgan fingerprint density at radius 2 is 2.00 bits per heavy atom. The number of rotatable bonds is 10. The van der Waals surface area contributed by atoms with E-state index < -0.39 is 30.3 Å². The lowest BCUT2D eigenvalue weighted by Gasteiger charge is -2.29. The summed E-state index contributed by atoms with van der Waals surface area (Å²) in [6, 6.07) is 13.1. The summed E-state index contributed by atoms with van der Waals surface area (Å²) in [5.74, 6) is -0.328. The zero-order chi connectivity index (χ0) is 25.5. The van der Waals surface area contributed by atoms with E-state index in [1.165, 1.54) is 6.07 Å². The van der Waals surface area contributed by atoms with Crippen molar-refractivity contribution in [2.75, 3.05) is 19.8 Å². The van der Waals surface area contributed by atoms with Gasteiger partial charge in [0.05, 0.1) is 6.61 Å². The molecule has 35 heavy (non-hydrogen) atoms. The van der Waals surface area contributed by atoms with Crippen LogP contribution in [-0.2, 0) is 16.0 Å². The molecular weight excluding hydrogens is 467 g/mol. The molecule has 0 bridgehead atoms. The van der Waals surface area contributed by atoms with Crippen molar-refractivity contribution >= 4 is 17.5 Å². The van der Waals surface area contributed by atoms with Gasteiger partial charge in [-0.15, -0.1) is 0 Å².